The topological polar surface area (TPSA) is 54.7 Å². The molecule has 11 heavy (non-hydrogen) atoms. The molecule has 1 saturated carbocycles. The Morgan fingerprint density at radius 1 is 1.45 bits per heavy atom. The van der Waals surface area contributed by atoms with E-state index in [0.29, 0.717) is 0 Å². The number of nitrogens with zero attached hydrogens (tertiary/aromatic N) is 1. The molecule has 0 atom stereocenters. The van der Waals surface area contributed by atoms with Crippen molar-refractivity contribution >= 4 is 31.9 Å². The molecule has 60 valence electrons. The first-order chi connectivity index (χ1) is 5.13. The fourth-order valence-corrected chi connectivity index (χ4v) is 2.73. The summed E-state index contributed by atoms with van der Waals surface area (Å²) in [6.07, 6.45) is 2.09. The van der Waals surface area contributed by atoms with Gasteiger partial charge >= 0.3 is 0 Å². The van der Waals surface area contributed by atoms with Crippen LogP contribution in [0.1, 0.15) is 18.4 Å². The molecule has 1 fully saturated rings. The third-order valence-corrected chi connectivity index (χ3v) is 3.11. The summed E-state index contributed by atoms with van der Waals surface area (Å²) in [6, 6.07) is 0. The lowest BCUT2D eigenvalue weighted by atomic mass is 10.1. The lowest BCUT2D eigenvalue weighted by Gasteiger charge is -2.05. The van der Waals surface area contributed by atoms with Gasteiger partial charge in [-0.15, -0.1) is 0 Å². The fourth-order valence-electron chi connectivity index (χ4n) is 1.11. The summed E-state index contributed by atoms with van der Waals surface area (Å²) in [7, 11) is 0. The minimum Gasteiger partial charge on any atom is -0.321 e. The van der Waals surface area contributed by atoms with Crippen molar-refractivity contribution in [1.82, 2.24) is 10.2 Å². The molecule has 2 rings (SSSR count). The molecule has 0 saturated heterocycles. The number of aromatic amines is 1. The molecular weight excluding hydrogens is 274 g/mol. The van der Waals surface area contributed by atoms with Gasteiger partial charge in [-0.2, -0.15) is 5.10 Å². The standard InChI is InChI=1S/C6H7Br2N3/c7-4-3(5(8)11-10-4)6(9)1-2-6/h1-2,9H2,(H,10,11). The van der Waals surface area contributed by atoms with E-state index in [9.17, 15) is 0 Å². The van der Waals surface area contributed by atoms with Gasteiger partial charge in [-0.25, -0.2) is 0 Å². The Kier molecular flexibility index (Phi) is 1.63. The van der Waals surface area contributed by atoms with Crippen molar-refractivity contribution in [3.63, 3.8) is 0 Å². The maximum absolute atomic E-state index is 5.99. The smallest absolute Gasteiger partial charge is 0.134 e. The van der Waals surface area contributed by atoms with Crippen molar-refractivity contribution in [2.24, 2.45) is 5.73 Å². The Morgan fingerprint density at radius 2 is 2.09 bits per heavy atom. The molecule has 0 radical (unpaired) electrons. The molecule has 0 amide bonds. The highest BCUT2D eigenvalue weighted by Crippen LogP contribution is 2.47. The molecule has 0 aliphatic heterocycles. The Hall–Kier alpha value is 0.130. The van der Waals surface area contributed by atoms with Crippen LogP contribution in [-0.2, 0) is 5.54 Å². The largest absolute Gasteiger partial charge is 0.321 e. The maximum atomic E-state index is 5.99. The average Bonchev–Trinajstić information content (AvgIpc) is 2.56. The van der Waals surface area contributed by atoms with E-state index in [0.717, 1.165) is 27.6 Å². The number of hydrogen-bond donors (Lipinski definition) is 2. The maximum Gasteiger partial charge on any atom is 0.134 e. The highest BCUT2D eigenvalue weighted by Gasteiger charge is 2.44. The minimum atomic E-state index is -0.134. The molecule has 1 aliphatic carbocycles. The van der Waals surface area contributed by atoms with Crippen molar-refractivity contribution < 1.29 is 0 Å². The number of nitrogens with one attached hydrogen (secondary N) is 1. The summed E-state index contributed by atoms with van der Waals surface area (Å²) >= 11 is 6.71. The van der Waals surface area contributed by atoms with Gasteiger partial charge in [-0.3, -0.25) is 5.10 Å². The average molecular weight is 281 g/mol. The van der Waals surface area contributed by atoms with E-state index in [-0.39, 0.29) is 5.54 Å². The molecule has 3 nitrogen and oxygen atoms in total. The number of aromatic nitrogens is 2. The first-order valence-corrected chi connectivity index (χ1v) is 4.91. The van der Waals surface area contributed by atoms with Crippen LogP contribution in [0.25, 0.3) is 0 Å². The SMILES string of the molecule is NC1(c2c(Br)n[nH]c2Br)CC1. The van der Waals surface area contributed by atoms with Gasteiger partial charge in [0.05, 0.1) is 0 Å². The molecule has 1 aromatic rings. The van der Waals surface area contributed by atoms with Gasteiger partial charge in [0.2, 0.25) is 0 Å². The summed E-state index contributed by atoms with van der Waals surface area (Å²) < 4.78 is 1.72. The number of H-pyrrole nitrogens is 1. The molecule has 5 heteroatoms. The monoisotopic (exact) mass is 279 g/mol. The van der Waals surface area contributed by atoms with E-state index in [4.69, 9.17) is 5.73 Å². The first-order valence-electron chi connectivity index (χ1n) is 3.32. The van der Waals surface area contributed by atoms with Gasteiger partial charge in [0, 0.05) is 11.1 Å². The highest BCUT2D eigenvalue weighted by molar-refractivity contribution is 9.11. The molecule has 1 aliphatic rings. The van der Waals surface area contributed by atoms with E-state index < -0.39 is 0 Å². The van der Waals surface area contributed by atoms with E-state index in [2.05, 4.69) is 42.1 Å². The van der Waals surface area contributed by atoms with Gasteiger partial charge in [0.1, 0.15) is 9.21 Å². The van der Waals surface area contributed by atoms with E-state index in [1.807, 2.05) is 0 Å². The van der Waals surface area contributed by atoms with Crippen LogP contribution in [-0.4, -0.2) is 10.2 Å². The minimum absolute atomic E-state index is 0.134. The van der Waals surface area contributed by atoms with Crippen LogP contribution in [0.3, 0.4) is 0 Å². The Labute approximate surface area is 81.0 Å². The predicted octanol–water partition coefficient (Wildman–Crippen LogP) is 1.88. The van der Waals surface area contributed by atoms with Crippen LogP contribution in [0.2, 0.25) is 0 Å². The highest BCUT2D eigenvalue weighted by atomic mass is 79.9. The quantitative estimate of drug-likeness (QED) is 0.825. The van der Waals surface area contributed by atoms with E-state index >= 15 is 0 Å². The second-order valence-electron chi connectivity index (χ2n) is 2.86. The van der Waals surface area contributed by atoms with Crippen LogP contribution in [0.4, 0.5) is 0 Å². The molecular formula is C6H7Br2N3. The van der Waals surface area contributed by atoms with Crippen LogP contribution in [0.15, 0.2) is 9.21 Å². The molecule has 0 unspecified atom stereocenters. The zero-order valence-corrected chi connectivity index (χ0v) is 8.87. The molecule has 0 spiro atoms. The second kappa shape index (κ2) is 2.31. The Morgan fingerprint density at radius 3 is 2.45 bits per heavy atom. The summed E-state index contributed by atoms with van der Waals surface area (Å²) in [5, 5.41) is 6.81. The summed E-state index contributed by atoms with van der Waals surface area (Å²) in [6.45, 7) is 0. The van der Waals surface area contributed by atoms with Crippen molar-refractivity contribution in [2.75, 3.05) is 0 Å². The third kappa shape index (κ3) is 1.15. The van der Waals surface area contributed by atoms with Crippen molar-refractivity contribution in [1.29, 1.82) is 0 Å². The predicted molar refractivity (Wildman–Crippen MR) is 49.1 cm³/mol. The van der Waals surface area contributed by atoms with Gasteiger partial charge < -0.3 is 5.73 Å². The summed E-state index contributed by atoms with van der Waals surface area (Å²) in [5.74, 6) is 0. The molecule has 1 heterocycles. The van der Waals surface area contributed by atoms with Crippen molar-refractivity contribution in [3.05, 3.63) is 14.8 Å². The number of rotatable bonds is 1. The van der Waals surface area contributed by atoms with E-state index in [1.165, 1.54) is 0 Å². The normalized spacial score (nSPS) is 20.3. The molecule has 3 N–H and O–H groups in total. The zero-order valence-electron chi connectivity index (χ0n) is 5.69. The number of nitrogens with two attached hydrogens (primary N) is 1. The van der Waals surface area contributed by atoms with Gasteiger partial charge in [-0.05, 0) is 44.7 Å². The fraction of sp³-hybridized carbons (Fsp3) is 0.500. The molecule has 0 bridgehead atoms. The van der Waals surface area contributed by atoms with E-state index in [1.54, 1.807) is 0 Å². The summed E-state index contributed by atoms with van der Waals surface area (Å²) in [5.41, 5.74) is 6.93. The van der Waals surface area contributed by atoms with Crippen LogP contribution >= 0.6 is 31.9 Å². The third-order valence-electron chi connectivity index (χ3n) is 1.96. The zero-order chi connectivity index (χ0) is 8.06. The molecule has 0 aromatic carbocycles. The van der Waals surface area contributed by atoms with Crippen LogP contribution in [0.5, 0.6) is 0 Å². The van der Waals surface area contributed by atoms with Crippen molar-refractivity contribution in [3.8, 4) is 0 Å². The summed E-state index contributed by atoms with van der Waals surface area (Å²) in [4.78, 5) is 0. The van der Waals surface area contributed by atoms with Gasteiger partial charge in [0.25, 0.3) is 0 Å². The second-order valence-corrected chi connectivity index (χ2v) is 4.40. The lowest BCUT2D eigenvalue weighted by molar-refractivity contribution is 0.732. The van der Waals surface area contributed by atoms with Crippen LogP contribution < -0.4 is 5.73 Å². The van der Waals surface area contributed by atoms with Gasteiger partial charge in [-0.1, -0.05) is 0 Å². The van der Waals surface area contributed by atoms with Gasteiger partial charge in [0.15, 0.2) is 0 Å². The first kappa shape index (κ1) is 7.76. The lowest BCUT2D eigenvalue weighted by Crippen LogP contribution is -2.18. The Balaban J connectivity index is 2.50. The Bertz CT molecular complexity index is 271. The van der Waals surface area contributed by atoms with Crippen molar-refractivity contribution in [2.45, 2.75) is 18.4 Å². The number of halogens is 2. The number of hydrogen-bond acceptors (Lipinski definition) is 2. The molecule has 1 aromatic heterocycles. The van der Waals surface area contributed by atoms with Crippen LogP contribution in [0, 0.1) is 0 Å².